The minimum atomic E-state index is -8.74. The Balaban J connectivity index is 7.29. The maximum atomic E-state index is 14.1. The molecule has 0 fully saturated rings. The zero-order valence-corrected chi connectivity index (χ0v) is 17.7. The average molecular weight is 676 g/mol. The molecule has 3 atom stereocenters. The van der Waals surface area contributed by atoms with E-state index in [0.717, 1.165) is 9.47 Å². The van der Waals surface area contributed by atoms with Gasteiger partial charge in [-0.25, -0.2) is 4.79 Å². The van der Waals surface area contributed by atoms with Crippen molar-refractivity contribution in [2.24, 2.45) is 0 Å². The SMILES string of the molecule is COC(=O)[C@](F)(OC(F)(F)[C@@](F)(OC(F)(F)[C@](F)(OC(F)(F)C(F)(F)C(F)(F)F)C(F)(F)F)C(F)(F)F)C(F)(F)F. The molecule has 0 unspecified atom stereocenters. The molecule has 0 radical (unpaired) electrons. The number of esters is 1. The molecule has 0 aromatic carbocycles. The van der Waals surface area contributed by atoms with E-state index in [9.17, 15) is 106 Å². The highest BCUT2D eigenvalue weighted by Gasteiger charge is 2.88. The largest absolute Gasteiger partial charge is 0.465 e. The molecule has 41 heavy (non-hydrogen) atoms. The first-order chi connectivity index (χ1) is 17.4. The van der Waals surface area contributed by atoms with Gasteiger partial charge in [0.15, 0.2) is 0 Å². The molecule has 0 aromatic rings. The van der Waals surface area contributed by atoms with Crippen LogP contribution in [0.3, 0.4) is 0 Å². The molecule has 0 heterocycles. The second-order valence-corrected chi connectivity index (χ2v) is 6.70. The molecule has 0 amide bonds. The van der Waals surface area contributed by atoms with Crippen LogP contribution in [0.4, 0.5) is 101 Å². The van der Waals surface area contributed by atoms with Gasteiger partial charge >= 0.3 is 72.5 Å². The van der Waals surface area contributed by atoms with Crippen molar-refractivity contribution in [2.45, 2.75) is 66.5 Å². The highest BCUT2D eigenvalue weighted by Crippen LogP contribution is 2.59. The number of alkyl halides is 23. The van der Waals surface area contributed by atoms with Crippen LogP contribution in [0.2, 0.25) is 0 Å². The second kappa shape index (κ2) is 10.2. The number of carbonyl (C=O) groups excluding carboxylic acids is 1. The van der Waals surface area contributed by atoms with Crippen LogP contribution in [-0.4, -0.2) is 79.6 Å². The summed E-state index contributed by atoms with van der Waals surface area (Å²) in [5.41, 5.74) is 0. The van der Waals surface area contributed by atoms with Gasteiger partial charge in [0, 0.05) is 0 Å². The Morgan fingerprint density at radius 2 is 0.707 bits per heavy atom. The quantitative estimate of drug-likeness (QED) is 0.187. The van der Waals surface area contributed by atoms with Crippen molar-refractivity contribution >= 4 is 5.97 Å². The van der Waals surface area contributed by atoms with E-state index in [2.05, 4.69) is 4.74 Å². The first-order valence-corrected chi connectivity index (χ1v) is 8.39. The lowest BCUT2D eigenvalue weighted by Gasteiger charge is -2.42. The van der Waals surface area contributed by atoms with E-state index in [4.69, 9.17) is 0 Å². The lowest BCUT2D eigenvalue weighted by atomic mass is 10.2. The van der Waals surface area contributed by atoms with Gasteiger partial charge in [0.25, 0.3) is 0 Å². The topological polar surface area (TPSA) is 54.0 Å². The van der Waals surface area contributed by atoms with Gasteiger partial charge in [0.2, 0.25) is 0 Å². The molecule has 5 nitrogen and oxygen atoms in total. The Hall–Kier alpha value is -2.26. The molecule has 0 bridgehead atoms. The number of methoxy groups -OCH3 is 1. The van der Waals surface area contributed by atoms with Gasteiger partial charge in [-0.15, -0.1) is 0 Å². The molecular weight excluding hydrogens is 673 g/mol. The lowest BCUT2D eigenvalue weighted by Crippen LogP contribution is -2.70. The molecule has 0 rings (SSSR count). The predicted molar refractivity (Wildman–Crippen MR) is 70.8 cm³/mol. The average Bonchev–Trinajstić information content (AvgIpc) is 2.68. The third kappa shape index (κ3) is 6.41. The van der Waals surface area contributed by atoms with Crippen molar-refractivity contribution in [3.05, 3.63) is 0 Å². The van der Waals surface area contributed by atoms with Gasteiger partial charge < -0.3 is 4.74 Å². The lowest BCUT2D eigenvalue weighted by molar-refractivity contribution is -0.578. The fraction of sp³-hybridized carbons (Fsp3) is 0.923. The summed E-state index contributed by atoms with van der Waals surface area (Å²) in [6.45, 7) is 0. The predicted octanol–water partition coefficient (Wildman–Crippen LogP) is 6.87. The Morgan fingerprint density at radius 1 is 0.415 bits per heavy atom. The van der Waals surface area contributed by atoms with E-state index >= 15 is 0 Å². The highest BCUT2D eigenvalue weighted by atomic mass is 19.4. The van der Waals surface area contributed by atoms with Crippen molar-refractivity contribution in [3.8, 4) is 0 Å². The van der Waals surface area contributed by atoms with Gasteiger partial charge in [-0.05, 0) is 0 Å². The van der Waals surface area contributed by atoms with Gasteiger partial charge in [0.1, 0.15) is 0 Å². The van der Waals surface area contributed by atoms with E-state index in [1.54, 1.807) is 4.74 Å². The summed E-state index contributed by atoms with van der Waals surface area (Å²) in [5, 5.41) is 0. The maximum Gasteiger partial charge on any atom is 0.462 e. The molecule has 0 spiro atoms. The Labute approximate surface area is 206 Å². The van der Waals surface area contributed by atoms with Crippen LogP contribution in [0.15, 0.2) is 0 Å². The minimum absolute atomic E-state index is 0.393. The summed E-state index contributed by atoms with van der Waals surface area (Å²) in [6.07, 6.45) is -57.5. The van der Waals surface area contributed by atoms with Gasteiger partial charge in [-0.2, -0.15) is 101 Å². The molecule has 0 aliphatic rings. The van der Waals surface area contributed by atoms with Gasteiger partial charge in [-0.3, -0.25) is 14.2 Å². The number of hydrogen-bond acceptors (Lipinski definition) is 5. The number of carbonyl (C=O) groups is 1. The van der Waals surface area contributed by atoms with E-state index in [0.29, 0.717) is 0 Å². The number of hydrogen-bond donors (Lipinski definition) is 0. The van der Waals surface area contributed by atoms with Crippen molar-refractivity contribution in [1.82, 2.24) is 0 Å². The van der Waals surface area contributed by atoms with Crippen LogP contribution in [0.1, 0.15) is 0 Å². The summed E-state index contributed by atoms with van der Waals surface area (Å²) in [5.74, 6) is -36.5. The van der Waals surface area contributed by atoms with Crippen LogP contribution >= 0.6 is 0 Å². The van der Waals surface area contributed by atoms with Crippen molar-refractivity contribution in [3.63, 3.8) is 0 Å². The molecular formula is C13H3F23O5. The Bertz CT molecular complexity index is 948. The number of halogens is 23. The normalized spacial score (nSPS) is 19.7. The van der Waals surface area contributed by atoms with Crippen molar-refractivity contribution < 1.29 is 125 Å². The van der Waals surface area contributed by atoms with E-state index in [1.165, 1.54) is 0 Å². The Morgan fingerprint density at radius 3 is 0.951 bits per heavy atom. The molecule has 28 heteroatoms. The third-order valence-electron chi connectivity index (χ3n) is 3.82. The number of rotatable bonds is 10. The van der Waals surface area contributed by atoms with Crippen molar-refractivity contribution in [2.75, 3.05) is 7.11 Å². The molecule has 0 saturated carbocycles. The summed E-state index contributed by atoms with van der Waals surface area (Å²) >= 11 is 0. The van der Waals surface area contributed by atoms with Crippen LogP contribution in [0, 0.1) is 0 Å². The van der Waals surface area contributed by atoms with E-state index < -0.39 is 79.6 Å². The zero-order chi connectivity index (χ0) is 33.9. The van der Waals surface area contributed by atoms with Crippen LogP contribution in [-0.2, 0) is 23.7 Å². The number of ether oxygens (including phenoxy) is 4. The molecule has 0 aliphatic heterocycles. The first-order valence-electron chi connectivity index (χ1n) is 8.39. The molecule has 246 valence electrons. The Kier molecular flexibility index (Phi) is 9.62. The van der Waals surface area contributed by atoms with Crippen molar-refractivity contribution in [1.29, 1.82) is 0 Å². The molecule has 0 aromatic heterocycles. The maximum absolute atomic E-state index is 14.1. The fourth-order valence-corrected chi connectivity index (χ4v) is 1.80. The highest BCUT2D eigenvalue weighted by molar-refractivity contribution is 5.78. The fourth-order valence-electron chi connectivity index (χ4n) is 1.80. The smallest absolute Gasteiger partial charge is 0.462 e. The summed E-state index contributed by atoms with van der Waals surface area (Å²) in [4.78, 5) is 10.8. The molecule has 0 aliphatic carbocycles. The van der Waals surface area contributed by atoms with Crippen LogP contribution in [0.5, 0.6) is 0 Å². The molecule has 0 N–H and O–H groups in total. The van der Waals surface area contributed by atoms with Gasteiger partial charge in [-0.1, -0.05) is 0 Å². The van der Waals surface area contributed by atoms with Crippen LogP contribution < -0.4 is 0 Å². The standard InChI is InChI=1S/C13H3F23O5/c1-38-2(37)3(14,7(19,20)21)39-12(33,34)5(17,9(25,26)27)41-13(35,36)6(18,10(28,29)30)40-11(31,32)4(15,16)8(22,23)24/h1H3/t3-,5-,6+/m0/s1. The first kappa shape index (κ1) is 38.7. The summed E-state index contributed by atoms with van der Waals surface area (Å²) < 4.78 is 306. The zero-order valence-electron chi connectivity index (χ0n) is 17.7. The monoisotopic (exact) mass is 676 g/mol. The van der Waals surface area contributed by atoms with Gasteiger partial charge in [0.05, 0.1) is 7.11 Å². The van der Waals surface area contributed by atoms with E-state index in [-0.39, 0.29) is 0 Å². The second-order valence-electron chi connectivity index (χ2n) is 6.70. The minimum Gasteiger partial charge on any atom is -0.465 e. The summed E-state index contributed by atoms with van der Waals surface area (Å²) in [6, 6.07) is 0. The third-order valence-corrected chi connectivity index (χ3v) is 3.82. The van der Waals surface area contributed by atoms with Crippen LogP contribution in [0.25, 0.3) is 0 Å². The summed E-state index contributed by atoms with van der Waals surface area (Å²) in [7, 11) is -0.393. The van der Waals surface area contributed by atoms with E-state index in [1.807, 2.05) is 0 Å². The molecule has 0 saturated heterocycles.